The second kappa shape index (κ2) is 12.7. The largest absolute Gasteiger partial charge is 0.504 e. The van der Waals surface area contributed by atoms with Crippen molar-refractivity contribution in [2.75, 3.05) is 0 Å². The SMILES string of the molecule is CCCCCCCCCC(OC(=O)/C=C/c1ccc(O)c(O)c1)c1ccccc1. The van der Waals surface area contributed by atoms with E-state index >= 15 is 0 Å². The number of ether oxygens (including phenoxy) is 1. The van der Waals surface area contributed by atoms with Crippen LogP contribution in [-0.4, -0.2) is 16.2 Å². The van der Waals surface area contributed by atoms with Crippen LogP contribution in [-0.2, 0) is 9.53 Å². The summed E-state index contributed by atoms with van der Waals surface area (Å²) in [6.45, 7) is 2.22. The molecule has 1 atom stereocenters. The van der Waals surface area contributed by atoms with Crippen LogP contribution in [0.1, 0.15) is 75.5 Å². The first-order valence-corrected chi connectivity index (χ1v) is 10.6. The summed E-state index contributed by atoms with van der Waals surface area (Å²) in [4.78, 5) is 12.3. The van der Waals surface area contributed by atoms with Gasteiger partial charge in [-0.2, -0.15) is 0 Å². The van der Waals surface area contributed by atoms with Crippen LogP contribution in [0.25, 0.3) is 6.08 Å². The maximum Gasteiger partial charge on any atom is 0.331 e. The topological polar surface area (TPSA) is 66.8 Å². The Morgan fingerprint density at radius 2 is 1.62 bits per heavy atom. The number of hydrogen-bond acceptors (Lipinski definition) is 4. The molecule has 0 radical (unpaired) electrons. The average Bonchev–Trinajstić information content (AvgIpc) is 2.73. The van der Waals surface area contributed by atoms with Crippen LogP contribution < -0.4 is 0 Å². The molecular formula is C25H32O4. The molecule has 156 valence electrons. The molecule has 2 aromatic rings. The molecule has 29 heavy (non-hydrogen) atoms. The third-order valence-corrected chi connectivity index (χ3v) is 4.91. The van der Waals surface area contributed by atoms with Crippen LogP contribution in [0.4, 0.5) is 0 Å². The molecule has 0 spiro atoms. The third kappa shape index (κ3) is 8.43. The summed E-state index contributed by atoms with van der Waals surface area (Å²) in [5, 5.41) is 18.9. The molecule has 0 heterocycles. The lowest BCUT2D eigenvalue weighted by Crippen LogP contribution is -2.09. The van der Waals surface area contributed by atoms with Gasteiger partial charge in [0.2, 0.25) is 0 Å². The summed E-state index contributed by atoms with van der Waals surface area (Å²) >= 11 is 0. The molecule has 1 unspecified atom stereocenters. The lowest BCUT2D eigenvalue weighted by molar-refractivity contribution is -0.143. The zero-order valence-electron chi connectivity index (χ0n) is 17.2. The van der Waals surface area contributed by atoms with Crippen LogP contribution >= 0.6 is 0 Å². The lowest BCUT2D eigenvalue weighted by atomic mass is 10.0. The molecule has 4 nitrogen and oxygen atoms in total. The molecule has 0 aromatic heterocycles. The van der Waals surface area contributed by atoms with Crippen molar-refractivity contribution in [3.05, 3.63) is 65.7 Å². The molecule has 0 amide bonds. The standard InChI is InChI=1S/C25H32O4/c1-2-3-4-5-6-7-11-14-24(21-12-9-8-10-13-21)29-25(28)18-16-20-15-17-22(26)23(27)19-20/h8-10,12-13,15-19,24,26-27H,2-7,11,14H2,1H3/b18-16+. The molecule has 2 aromatic carbocycles. The van der Waals surface area contributed by atoms with Crippen molar-refractivity contribution >= 4 is 12.0 Å². The first-order chi connectivity index (χ1) is 14.1. The quantitative estimate of drug-likeness (QED) is 0.185. The molecular weight excluding hydrogens is 364 g/mol. The molecule has 0 saturated heterocycles. The number of unbranched alkanes of at least 4 members (excludes halogenated alkanes) is 6. The Hall–Kier alpha value is -2.75. The highest BCUT2D eigenvalue weighted by Gasteiger charge is 2.15. The number of phenolic OH excluding ortho intramolecular Hbond substituents is 2. The number of benzene rings is 2. The summed E-state index contributed by atoms with van der Waals surface area (Å²) in [6, 6.07) is 14.2. The van der Waals surface area contributed by atoms with E-state index in [1.165, 1.54) is 50.3 Å². The number of esters is 1. The summed E-state index contributed by atoms with van der Waals surface area (Å²) in [6.07, 6.45) is 12.0. The maximum atomic E-state index is 12.3. The predicted octanol–water partition coefficient (Wildman–Crippen LogP) is 6.54. The third-order valence-electron chi connectivity index (χ3n) is 4.91. The summed E-state index contributed by atoms with van der Waals surface area (Å²) in [7, 11) is 0. The van der Waals surface area contributed by atoms with E-state index in [1.807, 2.05) is 30.3 Å². The van der Waals surface area contributed by atoms with Gasteiger partial charge in [-0.05, 0) is 42.2 Å². The smallest absolute Gasteiger partial charge is 0.331 e. The maximum absolute atomic E-state index is 12.3. The monoisotopic (exact) mass is 396 g/mol. The number of rotatable bonds is 12. The summed E-state index contributed by atoms with van der Waals surface area (Å²) in [5.74, 6) is -0.834. The summed E-state index contributed by atoms with van der Waals surface area (Å²) < 4.78 is 5.72. The lowest BCUT2D eigenvalue weighted by Gasteiger charge is -2.17. The van der Waals surface area contributed by atoms with Crippen LogP contribution in [0.15, 0.2) is 54.6 Å². The Kier molecular flexibility index (Phi) is 9.84. The normalized spacial score (nSPS) is 12.2. The van der Waals surface area contributed by atoms with E-state index in [2.05, 4.69) is 6.92 Å². The van der Waals surface area contributed by atoms with Gasteiger partial charge in [-0.25, -0.2) is 4.79 Å². The highest BCUT2D eigenvalue weighted by atomic mass is 16.5. The van der Waals surface area contributed by atoms with Gasteiger partial charge in [0.25, 0.3) is 0 Å². The fourth-order valence-electron chi connectivity index (χ4n) is 3.24. The van der Waals surface area contributed by atoms with Gasteiger partial charge in [-0.1, -0.05) is 81.8 Å². The Bertz CT molecular complexity index is 768. The van der Waals surface area contributed by atoms with Crippen molar-refractivity contribution in [1.82, 2.24) is 0 Å². The van der Waals surface area contributed by atoms with Gasteiger partial charge < -0.3 is 14.9 Å². The molecule has 0 fully saturated rings. The predicted molar refractivity (Wildman–Crippen MR) is 117 cm³/mol. The van der Waals surface area contributed by atoms with E-state index < -0.39 is 5.97 Å². The fraction of sp³-hybridized carbons (Fsp3) is 0.400. The number of hydrogen-bond donors (Lipinski definition) is 2. The summed E-state index contributed by atoms with van der Waals surface area (Å²) in [5.41, 5.74) is 1.61. The highest BCUT2D eigenvalue weighted by Crippen LogP contribution is 2.26. The Morgan fingerprint density at radius 1 is 0.931 bits per heavy atom. The van der Waals surface area contributed by atoms with Gasteiger partial charge in [0, 0.05) is 6.08 Å². The van der Waals surface area contributed by atoms with E-state index in [4.69, 9.17) is 4.74 Å². The Balaban J connectivity index is 1.90. The fourth-order valence-corrected chi connectivity index (χ4v) is 3.24. The van der Waals surface area contributed by atoms with Crippen molar-refractivity contribution in [3.8, 4) is 11.5 Å². The van der Waals surface area contributed by atoms with Crippen molar-refractivity contribution in [1.29, 1.82) is 0 Å². The highest BCUT2D eigenvalue weighted by molar-refractivity contribution is 5.87. The van der Waals surface area contributed by atoms with Crippen LogP contribution in [0, 0.1) is 0 Å². The Labute approximate surface area is 173 Å². The molecule has 2 rings (SSSR count). The molecule has 2 N–H and O–H groups in total. The minimum atomic E-state index is -0.422. The molecule has 4 heteroatoms. The second-order valence-corrected chi connectivity index (χ2v) is 7.33. The molecule has 0 saturated carbocycles. The first-order valence-electron chi connectivity index (χ1n) is 10.6. The van der Waals surface area contributed by atoms with Crippen LogP contribution in [0.2, 0.25) is 0 Å². The van der Waals surface area contributed by atoms with Crippen molar-refractivity contribution in [3.63, 3.8) is 0 Å². The number of carbonyl (C=O) groups is 1. The zero-order chi connectivity index (χ0) is 20.9. The van der Waals surface area contributed by atoms with Crippen LogP contribution in [0.3, 0.4) is 0 Å². The van der Waals surface area contributed by atoms with Gasteiger partial charge in [-0.3, -0.25) is 0 Å². The minimum Gasteiger partial charge on any atom is -0.504 e. The van der Waals surface area contributed by atoms with E-state index in [-0.39, 0.29) is 17.6 Å². The number of aromatic hydroxyl groups is 2. The Morgan fingerprint density at radius 3 is 2.31 bits per heavy atom. The molecule has 0 aliphatic rings. The van der Waals surface area contributed by atoms with Gasteiger partial charge in [0.15, 0.2) is 11.5 Å². The number of phenols is 2. The van der Waals surface area contributed by atoms with E-state index in [9.17, 15) is 15.0 Å². The molecule has 0 aliphatic heterocycles. The molecule has 0 aliphatic carbocycles. The van der Waals surface area contributed by atoms with Crippen molar-refractivity contribution < 1.29 is 19.7 Å². The van der Waals surface area contributed by atoms with Gasteiger partial charge in [0.05, 0.1) is 0 Å². The van der Waals surface area contributed by atoms with Gasteiger partial charge in [0.1, 0.15) is 6.10 Å². The van der Waals surface area contributed by atoms with E-state index in [0.29, 0.717) is 5.56 Å². The second-order valence-electron chi connectivity index (χ2n) is 7.33. The number of carbonyl (C=O) groups excluding carboxylic acids is 1. The first kappa shape index (κ1) is 22.5. The average molecular weight is 397 g/mol. The van der Waals surface area contributed by atoms with Gasteiger partial charge in [-0.15, -0.1) is 0 Å². The van der Waals surface area contributed by atoms with Gasteiger partial charge >= 0.3 is 5.97 Å². The van der Waals surface area contributed by atoms with E-state index in [0.717, 1.165) is 24.8 Å². The van der Waals surface area contributed by atoms with Crippen molar-refractivity contribution in [2.24, 2.45) is 0 Å². The van der Waals surface area contributed by atoms with E-state index in [1.54, 1.807) is 12.1 Å². The van der Waals surface area contributed by atoms with Crippen molar-refractivity contribution in [2.45, 2.75) is 64.4 Å². The van der Waals surface area contributed by atoms with Crippen LogP contribution in [0.5, 0.6) is 11.5 Å². The molecule has 0 bridgehead atoms. The zero-order valence-corrected chi connectivity index (χ0v) is 17.2. The minimum absolute atomic E-state index is 0.191.